The van der Waals surface area contributed by atoms with Crippen LogP contribution in [0.5, 0.6) is 0 Å². The first-order valence-electron chi connectivity index (χ1n) is 6.60. The predicted octanol–water partition coefficient (Wildman–Crippen LogP) is 1.84. The van der Waals surface area contributed by atoms with E-state index in [0.717, 1.165) is 22.5 Å². The van der Waals surface area contributed by atoms with Crippen molar-refractivity contribution >= 4 is 39.2 Å². The molecule has 6 nitrogen and oxygen atoms in total. The highest BCUT2D eigenvalue weighted by Crippen LogP contribution is 2.30. The summed E-state index contributed by atoms with van der Waals surface area (Å²) in [5.74, 6) is 1.38. The van der Waals surface area contributed by atoms with Crippen molar-refractivity contribution in [2.24, 2.45) is 0 Å². The molecule has 2 aromatic rings. The maximum Gasteiger partial charge on any atom is 0.225 e. The highest BCUT2D eigenvalue weighted by Gasteiger charge is 2.10. The van der Waals surface area contributed by atoms with Gasteiger partial charge in [-0.15, -0.1) is 11.3 Å². The molecule has 3 N–H and O–H groups in total. The molecule has 0 atom stereocenters. The van der Waals surface area contributed by atoms with E-state index in [9.17, 15) is 4.79 Å². The molecule has 0 aliphatic carbocycles. The molecule has 0 bridgehead atoms. The van der Waals surface area contributed by atoms with Crippen LogP contribution in [0.15, 0.2) is 6.07 Å². The first kappa shape index (κ1) is 14.5. The second-order valence-corrected chi connectivity index (χ2v) is 5.46. The number of aryl methyl sites for hydroxylation is 1. The van der Waals surface area contributed by atoms with Crippen LogP contribution in [-0.4, -0.2) is 36.0 Å². The Kier molecular flexibility index (Phi) is 4.73. The van der Waals surface area contributed by atoms with Gasteiger partial charge in [0.15, 0.2) is 0 Å². The molecule has 0 aliphatic rings. The molecule has 0 spiro atoms. The van der Waals surface area contributed by atoms with Crippen molar-refractivity contribution in [3.05, 3.63) is 10.9 Å². The highest BCUT2D eigenvalue weighted by molar-refractivity contribution is 7.18. The molecule has 2 aromatic heterocycles. The monoisotopic (exact) mass is 293 g/mol. The number of nitrogens with one attached hydrogen (secondary N) is 3. The Balaban J connectivity index is 2.20. The molecule has 2 heterocycles. The number of amides is 1. The van der Waals surface area contributed by atoms with Crippen LogP contribution in [0.1, 0.15) is 18.7 Å². The fraction of sp³-hybridized carbons (Fsp3) is 0.462. The standard InChI is InChI=1S/C13H19N5OS/c1-4-9-7-10-11(16-6-5-15-8(2)19)17-13(14-3)18-12(10)20-9/h7H,4-6H2,1-3H3,(H,15,19)(H2,14,16,17,18). The second kappa shape index (κ2) is 6.51. The van der Waals surface area contributed by atoms with Crippen LogP contribution in [0.25, 0.3) is 10.2 Å². The van der Waals surface area contributed by atoms with Gasteiger partial charge in [0, 0.05) is 31.9 Å². The van der Waals surface area contributed by atoms with Crippen LogP contribution >= 0.6 is 11.3 Å². The van der Waals surface area contributed by atoms with Crippen LogP contribution in [-0.2, 0) is 11.2 Å². The van der Waals surface area contributed by atoms with E-state index >= 15 is 0 Å². The minimum atomic E-state index is -0.0284. The number of carbonyl (C=O) groups is 1. The van der Waals surface area contributed by atoms with Gasteiger partial charge in [0.2, 0.25) is 11.9 Å². The van der Waals surface area contributed by atoms with E-state index in [1.54, 1.807) is 18.4 Å². The maximum atomic E-state index is 10.8. The van der Waals surface area contributed by atoms with Crippen LogP contribution in [0.3, 0.4) is 0 Å². The summed E-state index contributed by atoms with van der Waals surface area (Å²) in [6.07, 6.45) is 0.987. The molecule has 7 heteroatoms. The van der Waals surface area contributed by atoms with Gasteiger partial charge in [-0.3, -0.25) is 4.79 Å². The molecule has 20 heavy (non-hydrogen) atoms. The van der Waals surface area contributed by atoms with Crippen LogP contribution in [0.2, 0.25) is 0 Å². The molecule has 0 aromatic carbocycles. The van der Waals surface area contributed by atoms with Gasteiger partial charge in [0.25, 0.3) is 0 Å². The van der Waals surface area contributed by atoms with Gasteiger partial charge in [-0.05, 0) is 12.5 Å². The number of fused-ring (bicyclic) bond motifs is 1. The Morgan fingerprint density at radius 1 is 1.35 bits per heavy atom. The molecule has 0 saturated carbocycles. The third kappa shape index (κ3) is 3.36. The quantitative estimate of drug-likeness (QED) is 0.708. The lowest BCUT2D eigenvalue weighted by Gasteiger charge is -2.08. The van der Waals surface area contributed by atoms with Gasteiger partial charge in [0.05, 0.1) is 5.39 Å². The Morgan fingerprint density at radius 3 is 2.80 bits per heavy atom. The normalized spacial score (nSPS) is 10.6. The topological polar surface area (TPSA) is 78.9 Å². The molecule has 0 unspecified atom stereocenters. The summed E-state index contributed by atoms with van der Waals surface area (Å²) in [6, 6.07) is 2.13. The van der Waals surface area contributed by atoms with Crippen molar-refractivity contribution < 1.29 is 4.79 Å². The molecule has 0 saturated heterocycles. The van der Waals surface area contributed by atoms with Crippen LogP contribution in [0, 0.1) is 0 Å². The van der Waals surface area contributed by atoms with Crippen molar-refractivity contribution in [3.63, 3.8) is 0 Å². The van der Waals surface area contributed by atoms with Gasteiger partial charge < -0.3 is 16.0 Å². The van der Waals surface area contributed by atoms with Gasteiger partial charge in [0.1, 0.15) is 10.6 Å². The van der Waals surface area contributed by atoms with E-state index in [4.69, 9.17) is 0 Å². The zero-order valence-corrected chi connectivity index (χ0v) is 12.7. The van der Waals surface area contributed by atoms with E-state index in [2.05, 4.69) is 38.9 Å². The number of hydrogen-bond donors (Lipinski definition) is 3. The fourth-order valence-electron chi connectivity index (χ4n) is 1.81. The largest absolute Gasteiger partial charge is 0.368 e. The summed E-state index contributed by atoms with van der Waals surface area (Å²) in [5, 5.41) is 10.0. The Bertz CT molecular complexity index is 610. The van der Waals surface area contributed by atoms with Gasteiger partial charge in [-0.1, -0.05) is 6.92 Å². The smallest absolute Gasteiger partial charge is 0.225 e. The molecular formula is C13H19N5OS. The second-order valence-electron chi connectivity index (χ2n) is 4.34. The summed E-state index contributed by atoms with van der Waals surface area (Å²) in [5.41, 5.74) is 0. The first-order valence-corrected chi connectivity index (χ1v) is 7.42. The summed E-state index contributed by atoms with van der Waals surface area (Å²) < 4.78 is 0. The summed E-state index contributed by atoms with van der Waals surface area (Å²) in [6.45, 7) is 4.84. The lowest BCUT2D eigenvalue weighted by Crippen LogP contribution is -2.26. The lowest BCUT2D eigenvalue weighted by molar-refractivity contribution is -0.118. The summed E-state index contributed by atoms with van der Waals surface area (Å²) in [4.78, 5) is 22.0. The number of hydrogen-bond acceptors (Lipinski definition) is 6. The number of anilines is 2. The van der Waals surface area contributed by atoms with Gasteiger partial charge >= 0.3 is 0 Å². The highest BCUT2D eigenvalue weighted by atomic mass is 32.1. The van der Waals surface area contributed by atoms with Crippen molar-refractivity contribution in [3.8, 4) is 0 Å². The van der Waals surface area contributed by atoms with E-state index in [1.807, 2.05) is 0 Å². The minimum Gasteiger partial charge on any atom is -0.368 e. The van der Waals surface area contributed by atoms with Crippen molar-refractivity contribution in [2.45, 2.75) is 20.3 Å². The Morgan fingerprint density at radius 2 is 2.15 bits per heavy atom. The fourth-order valence-corrected chi connectivity index (χ4v) is 2.78. The maximum absolute atomic E-state index is 10.8. The van der Waals surface area contributed by atoms with Crippen molar-refractivity contribution in [1.29, 1.82) is 0 Å². The van der Waals surface area contributed by atoms with E-state index < -0.39 is 0 Å². The SMILES string of the molecule is CCc1cc2c(NCCNC(C)=O)nc(NC)nc2s1. The van der Waals surface area contributed by atoms with E-state index in [0.29, 0.717) is 19.0 Å². The number of aromatic nitrogens is 2. The molecular weight excluding hydrogens is 274 g/mol. The van der Waals surface area contributed by atoms with Gasteiger partial charge in [-0.25, -0.2) is 4.98 Å². The molecule has 0 fully saturated rings. The average molecular weight is 293 g/mol. The van der Waals surface area contributed by atoms with Crippen LogP contribution in [0.4, 0.5) is 11.8 Å². The lowest BCUT2D eigenvalue weighted by atomic mass is 10.3. The number of nitrogens with zero attached hydrogens (tertiary/aromatic N) is 2. The zero-order valence-electron chi connectivity index (χ0n) is 11.9. The molecule has 2 rings (SSSR count). The molecule has 0 radical (unpaired) electrons. The van der Waals surface area contributed by atoms with E-state index in [1.165, 1.54) is 11.8 Å². The number of thiophene rings is 1. The molecule has 0 aliphatic heterocycles. The van der Waals surface area contributed by atoms with E-state index in [-0.39, 0.29) is 5.91 Å². The van der Waals surface area contributed by atoms with Crippen molar-refractivity contribution in [2.75, 3.05) is 30.8 Å². The third-order valence-corrected chi connectivity index (χ3v) is 3.98. The predicted molar refractivity (Wildman–Crippen MR) is 83.5 cm³/mol. The van der Waals surface area contributed by atoms with Crippen molar-refractivity contribution in [1.82, 2.24) is 15.3 Å². The Hall–Kier alpha value is -1.89. The third-order valence-electron chi connectivity index (χ3n) is 2.81. The summed E-state index contributed by atoms with van der Waals surface area (Å²) in [7, 11) is 1.80. The molecule has 108 valence electrons. The number of carbonyl (C=O) groups excluding carboxylic acids is 1. The molecule has 1 amide bonds. The summed E-state index contributed by atoms with van der Waals surface area (Å²) >= 11 is 1.68. The average Bonchev–Trinajstić information content (AvgIpc) is 2.86. The first-order chi connectivity index (χ1) is 9.63. The minimum absolute atomic E-state index is 0.0284. The van der Waals surface area contributed by atoms with Crippen LogP contribution < -0.4 is 16.0 Å². The number of rotatable bonds is 6. The Labute approximate surface area is 122 Å². The zero-order chi connectivity index (χ0) is 14.5. The van der Waals surface area contributed by atoms with Gasteiger partial charge in [-0.2, -0.15) is 4.98 Å².